The van der Waals surface area contributed by atoms with E-state index < -0.39 is 5.97 Å². The lowest BCUT2D eigenvalue weighted by atomic mass is 9.65. The molecule has 2 rings (SSSR count). The highest BCUT2D eigenvalue weighted by atomic mass is 16.4. The molecule has 74 valence electrons. The van der Waals surface area contributed by atoms with Crippen LogP contribution in [0.2, 0.25) is 0 Å². The normalized spacial score (nSPS) is 44.4. The third kappa shape index (κ3) is 1.57. The van der Waals surface area contributed by atoms with Gasteiger partial charge in [0.2, 0.25) is 0 Å². The van der Waals surface area contributed by atoms with E-state index in [4.69, 9.17) is 10.8 Å². The van der Waals surface area contributed by atoms with Crippen molar-refractivity contribution in [1.82, 2.24) is 0 Å². The van der Waals surface area contributed by atoms with Gasteiger partial charge in [-0.3, -0.25) is 4.79 Å². The molecule has 0 amide bonds. The van der Waals surface area contributed by atoms with Gasteiger partial charge >= 0.3 is 5.97 Å². The molecule has 13 heavy (non-hydrogen) atoms. The first-order valence-corrected chi connectivity index (χ1v) is 5.17. The van der Waals surface area contributed by atoms with Gasteiger partial charge in [0.15, 0.2) is 0 Å². The third-order valence-corrected chi connectivity index (χ3v) is 3.76. The predicted octanol–water partition coefficient (Wildman–Crippen LogP) is 1.22. The molecule has 4 atom stereocenters. The molecule has 3 nitrogen and oxygen atoms in total. The molecular formula is C10H17NO2. The summed E-state index contributed by atoms with van der Waals surface area (Å²) >= 11 is 0. The molecule has 0 aromatic carbocycles. The molecule has 2 fully saturated rings. The van der Waals surface area contributed by atoms with Gasteiger partial charge in [0.25, 0.3) is 0 Å². The van der Waals surface area contributed by atoms with Crippen molar-refractivity contribution in [3.05, 3.63) is 0 Å². The van der Waals surface area contributed by atoms with Crippen molar-refractivity contribution < 1.29 is 9.90 Å². The fourth-order valence-corrected chi connectivity index (χ4v) is 2.99. The van der Waals surface area contributed by atoms with E-state index in [9.17, 15) is 4.79 Å². The summed E-state index contributed by atoms with van der Waals surface area (Å²) in [7, 11) is 0. The van der Waals surface area contributed by atoms with E-state index in [0.29, 0.717) is 11.8 Å². The summed E-state index contributed by atoms with van der Waals surface area (Å²) in [5.74, 6) is 0.223. The molecule has 2 aliphatic carbocycles. The Hall–Kier alpha value is -0.570. The van der Waals surface area contributed by atoms with Crippen LogP contribution in [-0.4, -0.2) is 17.1 Å². The maximum atomic E-state index is 10.9. The lowest BCUT2D eigenvalue weighted by molar-refractivity contribution is -0.144. The van der Waals surface area contributed by atoms with Crippen LogP contribution in [0.15, 0.2) is 0 Å². The van der Waals surface area contributed by atoms with Crippen molar-refractivity contribution >= 4 is 5.97 Å². The summed E-state index contributed by atoms with van der Waals surface area (Å²) in [6, 6.07) is 0.282. The molecule has 1 unspecified atom stereocenters. The van der Waals surface area contributed by atoms with E-state index in [1.807, 2.05) is 0 Å². The van der Waals surface area contributed by atoms with E-state index in [1.165, 1.54) is 6.42 Å². The van der Waals surface area contributed by atoms with E-state index >= 15 is 0 Å². The SMILES string of the molecule is N[C@@H]1[C@@H]2CCC[C@H]1CC(C(=O)O)C2. The first-order chi connectivity index (χ1) is 6.18. The van der Waals surface area contributed by atoms with Crippen LogP contribution < -0.4 is 5.73 Å². The molecule has 0 heterocycles. The highest BCUT2D eigenvalue weighted by molar-refractivity contribution is 5.70. The van der Waals surface area contributed by atoms with E-state index in [-0.39, 0.29) is 12.0 Å². The largest absolute Gasteiger partial charge is 0.481 e. The Morgan fingerprint density at radius 1 is 1.23 bits per heavy atom. The molecule has 0 aliphatic heterocycles. The smallest absolute Gasteiger partial charge is 0.306 e. The van der Waals surface area contributed by atoms with Crippen molar-refractivity contribution in [2.75, 3.05) is 0 Å². The summed E-state index contributed by atoms with van der Waals surface area (Å²) in [4.78, 5) is 10.9. The number of carboxylic acid groups (broad SMARTS) is 1. The summed E-state index contributed by atoms with van der Waals surface area (Å²) in [6.45, 7) is 0. The Kier molecular flexibility index (Phi) is 2.28. The second kappa shape index (κ2) is 3.29. The number of hydrogen-bond donors (Lipinski definition) is 2. The number of fused-ring (bicyclic) bond motifs is 2. The van der Waals surface area contributed by atoms with Crippen LogP contribution in [0.5, 0.6) is 0 Å². The molecular weight excluding hydrogens is 166 g/mol. The van der Waals surface area contributed by atoms with E-state index in [2.05, 4.69) is 0 Å². The van der Waals surface area contributed by atoms with Gasteiger partial charge in [-0.25, -0.2) is 0 Å². The minimum atomic E-state index is -0.621. The van der Waals surface area contributed by atoms with Crippen LogP contribution in [0.4, 0.5) is 0 Å². The fourth-order valence-electron chi connectivity index (χ4n) is 2.99. The second-order valence-electron chi connectivity index (χ2n) is 4.53. The summed E-state index contributed by atoms with van der Waals surface area (Å²) < 4.78 is 0. The van der Waals surface area contributed by atoms with Gasteiger partial charge in [-0.2, -0.15) is 0 Å². The number of hydrogen-bond acceptors (Lipinski definition) is 2. The number of carboxylic acids is 1. The van der Waals surface area contributed by atoms with E-state index in [0.717, 1.165) is 25.7 Å². The summed E-state index contributed by atoms with van der Waals surface area (Å²) in [5, 5.41) is 8.94. The van der Waals surface area contributed by atoms with Crippen LogP contribution >= 0.6 is 0 Å². The minimum absolute atomic E-state index is 0.116. The highest BCUT2D eigenvalue weighted by Crippen LogP contribution is 2.41. The summed E-state index contributed by atoms with van der Waals surface area (Å²) in [5.41, 5.74) is 6.05. The van der Waals surface area contributed by atoms with Gasteiger partial charge in [-0.15, -0.1) is 0 Å². The fraction of sp³-hybridized carbons (Fsp3) is 0.900. The van der Waals surface area contributed by atoms with Crippen molar-refractivity contribution in [3.63, 3.8) is 0 Å². The summed E-state index contributed by atoms with van der Waals surface area (Å²) in [6.07, 6.45) is 5.15. The quantitative estimate of drug-likeness (QED) is 0.642. The number of carbonyl (C=O) groups is 1. The van der Waals surface area contributed by atoms with Crippen LogP contribution in [-0.2, 0) is 4.79 Å². The number of aliphatic carboxylic acids is 1. The molecule has 0 aromatic rings. The zero-order valence-electron chi connectivity index (χ0n) is 7.78. The topological polar surface area (TPSA) is 63.3 Å². The molecule has 0 spiro atoms. The van der Waals surface area contributed by atoms with Crippen molar-refractivity contribution in [1.29, 1.82) is 0 Å². The first kappa shape index (κ1) is 9.00. The van der Waals surface area contributed by atoms with Gasteiger partial charge in [0, 0.05) is 6.04 Å². The van der Waals surface area contributed by atoms with Gasteiger partial charge in [0.1, 0.15) is 0 Å². The lowest BCUT2D eigenvalue weighted by Gasteiger charge is -2.42. The molecule has 3 heteroatoms. The first-order valence-electron chi connectivity index (χ1n) is 5.17. The van der Waals surface area contributed by atoms with Crippen molar-refractivity contribution in [2.24, 2.45) is 23.5 Å². The molecule has 0 radical (unpaired) electrons. The molecule has 2 saturated carbocycles. The van der Waals surface area contributed by atoms with Crippen LogP contribution in [0, 0.1) is 17.8 Å². The Labute approximate surface area is 78.3 Å². The van der Waals surface area contributed by atoms with Gasteiger partial charge in [0.05, 0.1) is 5.92 Å². The average Bonchev–Trinajstić information content (AvgIpc) is 2.02. The van der Waals surface area contributed by atoms with Crippen molar-refractivity contribution in [2.45, 2.75) is 38.1 Å². The zero-order chi connectivity index (χ0) is 9.42. The Bertz CT molecular complexity index is 203. The molecule has 3 N–H and O–H groups in total. The zero-order valence-corrected chi connectivity index (χ0v) is 7.78. The molecule has 0 aromatic heterocycles. The predicted molar refractivity (Wildman–Crippen MR) is 49.2 cm³/mol. The van der Waals surface area contributed by atoms with Crippen LogP contribution in [0.3, 0.4) is 0 Å². The number of nitrogens with two attached hydrogens (primary N) is 1. The monoisotopic (exact) mass is 183 g/mol. The number of rotatable bonds is 1. The van der Waals surface area contributed by atoms with Gasteiger partial charge in [-0.05, 0) is 37.5 Å². The third-order valence-electron chi connectivity index (χ3n) is 3.76. The molecule has 0 saturated heterocycles. The Morgan fingerprint density at radius 2 is 1.77 bits per heavy atom. The molecule has 2 bridgehead atoms. The van der Waals surface area contributed by atoms with Crippen molar-refractivity contribution in [3.8, 4) is 0 Å². The van der Waals surface area contributed by atoms with E-state index in [1.54, 1.807) is 0 Å². The van der Waals surface area contributed by atoms with Crippen LogP contribution in [0.25, 0.3) is 0 Å². The standard InChI is InChI=1S/C10H17NO2/c11-9-6-2-1-3-7(9)5-8(4-6)10(12)13/h6-9H,1-5,11H2,(H,12,13)/t6-,7+,8?,9-. The lowest BCUT2D eigenvalue weighted by Crippen LogP contribution is -2.47. The molecule has 2 aliphatic rings. The maximum Gasteiger partial charge on any atom is 0.306 e. The Morgan fingerprint density at radius 3 is 2.23 bits per heavy atom. The maximum absolute atomic E-state index is 10.9. The second-order valence-corrected chi connectivity index (χ2v) is 4.53. The van der Waals surface area contributed by atoms with Crippen LogP contribution in [0.1, 0.15) is 32.1 Å². The van der Waals surface area contributed by atoms with Gasteiger partial charge < -0.3 is 10.8 Å². The minimum Gasteiger partial charge on any atom is -0.481 e. The highest BCUT2D eigenvalue weighted by Gasteiger charge is 2.40. The Balaban J connectivity index is 2.07. The van der Waals surface area contributed by atoms with Gasteiger partial charge in [-0.1, -0.05) is 6.42 Å². The average molecular weight is 183 g/mol.